The van der Waals surface area contributed by atoms with Gasteiger partial charge in [-0.15, -0.1) is 0 Å². The van der Waals surface area contributed by atoms with Crippen molar-refractivity contribution in [2.75, 3.05) is 12.0 Å². The first-order valence-corrected chi connectivity index (χ1v) is 5.93. The minimum atomic E-state index is 0.709. The summed E-state index contributed by atoms with van der Waals surface area (Å²) in [6, 6.07) is 5.55. The van der Waals surface area contributed by atoms with Gasteiger partial charge in [0.2, 0.25) is 0 Å². The average molecular weight is 206 g/mol. The zero-order valence-corrected chi connectivity index (χ0v) is 8.39. The van der Waals surface area contributed by atoms with E-state index in [1.165, 1.54) is 0 Å². The van der Waals surface area contributed by atoms with Crippen molar-refractivity contribution >= 4 is 38.9 Å². The SMILES string of the molecule is CSSc1ccc(N)cc1Cl. The second-order valence-corrected chi connectivity index (χ2v) is 4.79. The highest BCUT2D eigenvalue weighted by molar-refractivity contribution is 8.76. The Labute approximate surface area is 79.1 Å². The number of rotatable bonds is 2. The topological polar surface area (TPSA) is 26.0 Å². The first kappa shape index (κ1) is 9.10. The molecule has 0 amide bonds. The van der Waals surface area contributed by atoms with E-state index in [-0.39, 0.29) is 0 Å². The molecule has 0 bridgehead atoms. The largest absolute Gasteiger partial charge is 0.399 e. The predicted octanol–water partition coefficient (Wildman–Crippen LogP) is 3.29. The van der Waals surface area contributed by atoms with Gasteiger partial charge in [0.05, 0.1) is 5.02 Å². The van der Waals surface area contributed by atoms with E-state index >= 15 is 0 Å². The lowest BCUT2D eigenvalue weighted by atomic mass is 10.3. The molecular formula is C7H8ClNS2. The van der Waals surface area contributed by atoms with Crippen LogP contribution in [0.15, 0.2) is 23.1 Å². The van der Waals surface area contributed by atoms with Crippen LogP contribution in [0.4, 0.5) is 5.69 Å². The van der Waals surface area contributed by atoms with E-state index in [1.807, 2.05) is 18.4 Å². The molecule has 0 saturated heterocycles. The number of hydrogen-bond acceptors (Lipinski definition) is 3. The second kappa shape index (κ2) is 4.14. The molecule has 4 heteroatoms. The quantitative estimate of drug-likeness (QED) is 0.593. The Morgan fingerprint density at radius 1 is 1.45 bits per heavy atom. The molecule has 0 atom stereocenters. The summed E-state index contributed by atoms with van der Waals surface area (Å²) in [6.45, 7) is 0. The number of hydrogen-bond donors (Lipinski definition) is 1. The Morgan fingerprint density at radius 3 is 2.73 bits per heavy atom. The van der Waals surface area contributed by atoms with Gasteiger partial charge < -0.3 is 5.73 Å². The van der Waals surface area contributed by atoms with Crippen LogP contribution in [0.3, 0.4) is 0 Å². The van der Waals surface area contributed by atoms with Gasteiger partial charge in [-0.25, -0.2) is 0 Å². The van der Waals surface area contributed by atoms with Gasteiger partial charge >= 0.3 is 0 Å². The molecule has 0 fully saturated rings. The number of benzene rings is 1. The lowest BCUT2D eigenvalue weighted by Gasteiger charge is -2.00. The molecule has 0 unspecified atom stereocenters. The van der Waals surface area contributed by atoms with E-state index < -0.39 is 0 Å². The summed E-state index contributed by atoms with van der Waals surface area (Å²) in [4.78, 5) is 1.06. The third kappa shape index (κ3) is 2.51. The fourth-order valence-electron chi connectivity index (χ4n) is 0.674. The molecule has 0 aliphatic carbocycles. The summed E-state index contributed by atoms with van der Waals surface area (Å²) in [5.74, 6) is 0. The van der Waals surface area contributed by atoms with E-state index in [4.69, 9.17) is 17.3 Å². The van der Waals surface area contributed by atoms with Crippen LogP contribution >= 0.6 is 33.2 Å². The highest BCUT2D eigenvalue weighted by Crippen LogP contribution is 2.34. The molecule has 0 saturated carbocycles. The van der Waals surface area contributed by atoms with Crippen LogP contribution in [0.1, 0.15) is 0 Å². The van der Waals surface area contributed by atoms with Gasteiger partial charge in [0, 0.05) is 10.6 Å². The van der Waals surface area contributed by atoms with E-state index in [1.54, 1.807) is 27.7 Å². The molecule has 0 aliphatic rings. The van der Waals surface area contributed by atoms with Crippen molar-refractivity contribution in [3.63, 3.8) is 0 Å². The summed E-state index contributed by atoms with van der Waals surface area (Å²) in [5, 5.41) is 0.726. The normalized spacial score (nSPS) is 10.0. The smallest absolute Gasteiger partial charge is 0.0570 e. The summed E-state index contributed by atoms with van der Waals surface area (Å²) < 4.78 is 0. The van der Waals surface area contributed by atoms with Crippen LogP contribution in [0.25, 0.3) is 0 Å². The van der Waals surface area contributed by atoms with Crippen molar-refractivity contribution in [2.24, 2.45) is 0 Å². The maximum Gasteiger partial charge on any atom is 0.0570 e. The highest BCUT2D eigenvalue weighted by Gasteiger charge is 1.99. The van der Waals surface area contributed by atoms with Gasteiger partial charge in [0.25, 0.3) is 0 Å². The summed E-state index contributed by atoms with van der Waals surface area (Å²) in [7, 11) is 3.31. The summed E-state index contributed by atoms with van der Waals surface area (Å²) >= 11 is 5.89. The van der Waals surface area contributed by atoms with Crippen LogP contribution in [0.5, 0.6) is 0 Å². The highest BCUT2D eigenvalue weighted by atomic mass is 35.5. The van der Waals surface area contributed by atoms with E-state index in [9.17, 15) is 0 Å². The monoisotopic (exact) mass is 205 g/mol. The molecule has 1 nitrogen and oxygen atoms in total. The lowest BCUT2D eigenvalue weighted by molar-refractivity contribution is 1.47. The molecule has 0 aromatic heterocycles. The van der Waals surface area contributed by atoms with Crippen LogP contribution < -0.4 is 5.73 Å². The molecule has 1 aromatic rings. The number of halogens is 1. The minimum Gasteiger partial charge on any atom is -0.399 e. The fourth-order valence-corrected chi connectivity index (χ4v) is 2.53. The van der Waals surface area contributed by atoms with Gasteiger partial charge in [-0.1, -0.05) is 33.2 Å². The average Bonchev–Trinajstić information content (AvgIpc) is 1.95. The van der Waals surface area contributed by atoms with Crippen LogP contribution in [-0.4, -0.2) is 6.26 Å². The van der Waals surface area contributed by atoms with Crippen molar-refractivity contribution in [1.82, 2.24) is 0 Å². The van der Waals surface area contributed by atoms with Crippen molar-refractivity contribution in [3.8, 4) is 0 Å². The zero-order valence-electron chi connectivity index (χ0n) is 6.00. The molecule has 0 radical (unpaired) electrons. The molecule has 1 rings (SSSR count). The zero-order chi connectivity index (χ0) is 8.27. The van der Waals surface area contributed by atoms with Crippen molar-refractivity contribution in [1.29, 1.82) is 0 Å². The molecule has 1 aromatic carbocycles. The Hall–Kier alpha value is 0.01000. The van der Waals surface area contributed by atoms with Gasteiger partial charge in [0.15, 0.2) is 0 Å². The van der Waals surface area contributed by atoms with Crippen molar-refractivity contribution in [3.05, 3.63) is 23.2 Å². The van der Waals surface area contributed by atoms with Crippen molar-refractivity contribution < 1.29 is 0 Å². The summed E-state index contributed by atoms with van der Waals surface area (Å²) in [5.41, 5.74) is 6.23. The Balaban J connectivity index is 2.90. The summed E-state index contributed by atoms with van der Waals surface area (Å²) in [6.07, 6.45) is 2.01. The Bertz CT molecular complexity index is 252. The van der Waals surface area contributed by atoms with Crippen molar-refractivity contribution in [2.45, 2.75) is 4.90 Å². The standard InChI is InChI=1S/C7H8ClNS2/c1-10-11-7-3-2-5(9)4-6(7)8/h2-4H,9H2,1H3. The predicted molar refractivity (Wildman–Crippen MR) is 55.2 cm³/mol. The van der Waals surface area contributed by atoms with Crippen LogP contribution in [-0.2, 0) is 0 Å². The van der Waals surface area contributed by atoms with E-state index in [0.717, 1.165) is 9.92 Å². The third-order valence-corrected chi connectivity index (χ3v) is 3.29. The van der Waals surface area contributed by atoms with E-state index in [0.29, 0.717) is 5.69 Å². The van der Waals surface area contributed by atoms with Gasteiger partial charge in [-0.2, -0.15) is 0 Å². The molecule has 11 heavy (non-hydrogen) atoms. The maximum atomic E-state index is 5.89. The van der Waals surface area contributed by atoms with Gasteiger partial charge in [-0.3, -0.25) is 0 Å². The fraction of sp³-hybridized carbons (Fsp3) is 0.143. The molecule has 60 valence electrons. The molecule has 0 spiro atoms. The first-order valence-electron chi connectivity index (χ1n) is 2.99. The third-order valence-electron chi connectivity index (χ3n) is 1.13. The van der Waals surface area contributed by atoms with Crippen LogP contribution in [0.2, 0.25) is 5.02 Å². The second-order valence-electron chi connectivity index (χ2n) is 1.94. The lowest BCUT2D eigenvalue weighted by Crippen LogP contribution is -1.83. The number of nitrogen functional groups attached to an aromatic ring is 1. The Morgan fingerprint density at radius 2 is 2.18 bits per heavy atom. The molecule has 0 aliphatic heterocycles. The molecule has 2 N–H and O–H groups in total. The Kier molecular flexibility index (Phi) is 3.43. The number of nitrogens with two attached hydrogens (primary N) is 1. The van der Waals surface area contributed by atoms with E-state index in [2.05, 4.69) is 0 Å². The minimum absolute atomic E-state index is 0.709. The van der Waals surface area contributed by atoms with Gasteiger partial charge in [-0.05, 0) is 24.5 Å². The number of anilines is 1. The van der Waals surface area contributed by atoms with Gasteiger partial charge in [0.1, 0.15) is 0 Å². The molecular weight excluding hydrogens is 198 g/mol. The first-order chi connectivity index (χ1) is 5.24. The van der Waals surface area contributed by atoms with Crippen LogP contribution in [0, 0.1) is 0 Å². The maximum absolute atomic E-state index is 5.89. The molecule has 0 heterocycles.